The van der Waals surface area contributed by atoms with Gasteiger partial charge in [-0.1, -0.05) is 12.7 Å². The van der Waals surface area contributed by atoms with E-state index in [2.05, 4.69) is 16.5 Å². The van der Waals surface area contributed by atoms with E-state index in [4.69, 9.17) is 4.74 Å². The van der Waals surface area contributed by atoms with Crippen molar-refractivity contribution in [2.24, 2.45) is 4.99 Å². The fourth-order valence-electron chi connectivity index (χ4n) is 1.22. The van der Waals surface area contributed by atoms with Crippen molar-refractivity contribution in [1.29, 1.82) is 0 Å². The fraction of sp³-hybridized carbons (Fsp3) is 0.545. The van der Waals surface area contributed by atoms with Crippen molar-refractivity contribution in [2.75, 3.05) is 26.3 Å². The molecule has 0 amide bonds. The van der Waals surface area contributed by atoms with E-state index >= 15 is 0 Å². The van der Waals surface area contributed by atoms with Gasteiger partial charge >= 0.3 is 0 Å². The molecule has 3 nitrogen and oxygen atoms in total. The van der Waals surface area contributed by atoms with Crippen LogP contribution in [0.15, 0.2) is 29.4 Å². The molecule has 1 rings (SSSR count). The first kappa shape index (κ1) is 11.0. The van der Waals surface area contributed by atoms with Gasteiger partial charge in [-0.05, 0) is 19.4 Å². The Morgan fingerprint density at radius 1 is 1.36 bits per heavy atom. The third kappa shape index (κ3) is 3.34. The molecule has 1 fully saturated rings. The summed E-state index contributed by atoms with van der Waals surface area (Å²) in [5.41, 5.74) is 1.08. The van der Waals surface area contributed by atoms with E-state index in [-0.39, 0.29) is 0 Å². The SMILES string of the molecule is C=C/C(C)=C\N=C(C)N1CCOCC1. The minimum absolute atomic E-state index is 0.803. The summed E-state index contributed by atoms with van der Waals surface area (Å²) in [4.78, 5) is 6.60. The normalized spacial score (nSPS) is 19.7. The van der Waals surface area contributed by atoms with E-state index in [1.807, 2.05) is 20.0 Å². The zero-order valence-electron chi connectivity index (χ0n) is 8.99. The summed E-state index contributed by atoms with van der Waals surface area (Å²) in [7, 11) is 0. The second-order valence-corrected chi connectivity index (χ2v) is 3.35. The van der Waals surface area contributed by atoms with Gasteiger partial charge in [-0.25, -0.2) is 4.99 Å². The maximum absolute atomic E-state index is 5.27. The molecule has 0 aliphatic carbocycles. The maximum Gasteiger partial charge on any atom is 0.101 e. The fourth-order valence-corrected chi connectivity index (χ4v) is 1.22. The molecule has 0 bridgehead atoms. The summed E-state index contributed by atoms with van der Waals surface area (Å²) in [6.45, 7) is 11.2. The summed E-state index contributed by atoms with van der Waals surface area (Å²) in [5, 5.41) is 0. The summed E-state index contributed by atoms with van der Waals surface area (Å²) in [6.07, 6.45) is 3.65. The van der Waals surface area contributed by atoms with Crippen LogP contribution in [-0.4, -0.2) is 37.0 Å². The van der Waals surface area contributed by atoms with Gasteiger partial charge in [-0.3, -0.25) is 0 Å². The van der Waals surface area contributed by atoms with Crippen LogP contribution in [-0.2, 0) is 4.74 Å². The minimum atomic E-state index is 0.803. The standard InChI is InChI=1S/C11H18N2O/c1-4-10(2)9-12-11(3)13-5-7-14-8-6-13/h4,9H,1,5-8H2,2-3H3/b10-9-,12-11?. The molecule has 0 radical (unpaired) electrons. The lowest BCUT2D eigenvalue weighted by atomic mass is 10.3. The average Bonchev–Trinajstić information content (AvgIpc) is 2.26. The van der Waals surface area contributed by atoms with Gasteiger partial charge in [0.1, 0.15) is 5.84 Å². The smallest absolute Gasteiger partial charge is 0.101 e. The molecule has 0 saturated carbocycles. The largest absolute Gasteiger partial charge is 0.378 e. The van der Waals surface area contributed by atoms with E-state index in [1.165, 1.54) is 0 Å². The van der Waals surface area contributed by atoms with Gasteiger partial charge in [0.05, 0.1) is 13.2 Å². The zero-order chi connectivity index (χ0) is 10.4. The monoisotopic (exact) mass is 194 g/mol. The minimum Gasteiger partial charge on any atom is -0.378 e. The van der Waals surface area contributed by atoms with Crippen molar-refractivity contribution >= 4 is 5.84 Å². The second kappa shape index (κ2) is 5.60. The highest BCUT2D eigenvalue weighted by atomic mass is 16.5. The summed E-state index contributed by atoms with van der Waals surface area (Å²) >= 11 is 0. The van der Waals surface area contributed by atoms with Gasteiger partial charge < -0.3 is 9.64 Å². The van der Waals surface area contributed by atoms with E-state index in [1.54, 1.807) is 6.08 Å². The maximum atomic E-state index is 5.27. The number of hydrogen-bond donors (Lipinski definition) is 0. The lowest BCUT2D eigenvalue weighted by Gasteiger charge is -2.27. The van der Waals surface area contributed by atoms with Crippen molar-refractivity contribution in [2.45, 2.75) is 13.8 Å². The van der Waals surface area contributed by atoms with Crippen LogP contribution in [0.4, 0.5) is 0 Å². The molecule has 1 heterocycles. The van der Waals surface area contributed by atoms with Crippen LogP contribution < -0.4 is 0 Å². The number of aliphatic imine (C=N–C) groups is 1. The molecule has 0 N–H and O–H groups in total. The van der Waals surface area contributed by atoms with Crippen LogP contribution in [0, 0.1) is 0 Å². The predicted molar refractivity (Wildman–Crippen MR) is 59.5 cm³/mol. The first-order valence-electron chi connectivity index (χ1n) is 4.90. The summed E-state index contributed by atoms with van der Waals surface area (Å²) in [6, 6.07) is 0. The van der Waals surface area contributed by atoms with Gasteiger partial charge in [0.2, 0.25) is 0 Å². The number of amidine groups is 1. The Balaban J connectivity index is 2.53. The quantitative estimate of drug-likeness (QED) is 0.380. The number of nitrogens with zero attached hydrogens (tertiary/aromatic N) is 2. The number of morpholine rings is 1. The first-order valence-corrected chi connectivity index (χ1v) is 4.90. The molecule has 0 unspecified atom stereocenters. The van der Waals surface area contributed by atoms with Gasteiger partial charge in [0.15, 0.2) is 0 Å². The zero-order valence-corrected chi connectivity index (χ0v) is 8.99. The van der Waals surface area contributed by atoms with Crippen molar-refractivity contribution < 1.29 is 4.74 Å². The molecule has 0 atom stereocenters. The Morgan fingerprint density at radius 2 is 2.00 bits per heavy atom. The van der Waals surface area contributed by atoms with Crippen LogP contribution in [0.3, 0.4) is 0 Å². The predicted octanol–water partition coefficient (Wildman–Crippen LogP) is 1.83. The van der Waals surface area contributed by atoms with Crippen molar-refractivity contribution in [3.63, 3.8) is 0 Å². The first-order chi connectivity index (χ1) is 6.74. The van der Waals surface area contributed by atoms with Gasteiger partial charge in [-0.2, -0.15) is 0 Å². The van der Waals surface area contributed by atoms with E-state index < -0.39 is 0 Å². The lowest BCUT2D eigenvalue weighted by Crippen LogP contribution is -2.39. The molecule has 1 saturated heterocycles. The molecule has 3 heteroatoms. The average molecular weight is 194 g/mol. The van der Waals surface area contributed by atoms with Crippen LogP contribution in [0.5, 0.6) is 0 Å². The highest BCUT2D eigenvalue weighted by Gasteiger charge is 2.10. The third-order valence-electron chi connectivity index (χ3n) is 2.25. The Bertz CT molecular complexity index is 250. The lowest BCUT2D eigenvalue weighted by molar-refractivity contribution is 0.0678. The van der Waals surface area contributed by atoms with E-state index in [0.29, 0.717) is 0 Å². The number of allylic oxidation sites excluding steroid dienone is 2. The highest BCUT2D eigenvalue weighted by molar-refractivity contribution is 5.80. The van der Waals surface area contributed by atoms with Crippen LogP contribution >= 0.6 is 0 Å². The van der Waals surface area contributed by atoms with Crippen molar-refractivity contribution in [3.8, 4) is 0 Å². The van der Waals surface area contributed by atoms with Crippen LogP contribution in [0.2, 0.25) is 0 Å². The summed E-state index contributed by atoms with van der Waals surface area (Å²) in [5.74, 6) is 1.05. The molecular weight excluding hydrogens is 176 g/mol. The van der Waals surface area contributed by atoms with Gasteiger partial charge in [0, 0.05) is 19.3 Å². The summed E-state index contributed by atoms with van der Waals surface area (Å²) < 4.78 is 5.27. The van der Waals surface area contributed by atoms with Gasteiger partial charge in [0.25, 0.3) is 0 Å². The molecule has 78 valence electrons. The molecule has 0 aromatic carbocycles. The number of ether oxygens (including phenoxy) is 1. The van der Waals surface area contributed by atoms with Gasteiger partial charge in [-0.15, -0.1) is 0 Å². The van der Waals surface area contributed by atoms with E-state index in [0.717, 1.165) is 37.7 Å². The molecule has 0 aromatic heterocycles. The third-order valence-corrected chi connectivity index (χ3v) is 2.25. The Hall–Kier alpha value is -1.09. The number of hydrogen-bond acceptors (Lipinski definition) is 2. The Labute approximate surface area is 85.8 Å². The molecule has 1 aliphatic rings. The highest BCUT2D eigenvalue weighted by Crippen LogP contribution is 2.00. The number of rotatable bonds is 2. The molecule has 0 aromatic rings. The molecule has 0 spiro atoms. The van der Waals surface area contributed by atoms with Crippen LogP contribution in [0.1, 0.15) is 13.8 Å². The Morgan fingerprint density at radius 3 is 2.57 bits per heavy atom. The van der Waals surface area contributed by atoms with Crippen molar-refractivity contribution in [3.05, 3.63) is 24.4 Å². The van der Waals surface area contributed by atoms with E-state index in [9.17, 15) is 0 Å². The molecule has 14 heavy (non-hydrogen) atoms. The topological polar surface area (TPSA) is 24.8 Å². The molecule has 1 aliphatic heterocycles. The van der Waals surface area contributed by atoms with Crippen LogP contribution in [0.25, 0.3) is 0 Å². The Kier molecular flexibility index (Phi) is 4.40. The molecular formula is C11H18N2O. The second-order valence-electron chi connectivity index (χ2n) is 3.35. The van der Waals surface area contributed by atoms with Crippen molar-refractivity contribution in [1.82, 2.24) is 4.90 Å².